The van der Waals surface area contributed by atoms with Crippen LogP contribution < -0.4 is 15.8 Å². The summed E-state index contributed by atoms with van der Waals surface area (Å²) in [7, 11) is 1.67. The summed E-state index contributed by atoms with van der Waals surface area (Å²) in [6.07, 6.45) is 0.893. The zero-order chi connectivity index (χ0) is 15.0. The SMILES string of the molecule is COc1cc(NC2CC(N)c3ccccc32)c(Br)cc1Br. The quantitative estimate of drug-likeness (QED) is 0.764. The van der Waals surface area contributed by atoms with Gasteiger partial charge in [-0.2, -0.15) is 0 Å². The maximum Gasteiger partial charge on any atom is 0.135 e. The van der Waals surface area contributed by atoms with E-state index >= 15 is 0 Å². The average molecular weight is 412 g/mol. The zero-order valence-corrected chi connectivity index (χ0v) is 14.7. The lowest BCUT2D eigenvalue weighted by atomic mass is 10.1. The highest BCUT2D eigenvalue weighted by atomic mass is 79.9. The van der Waals surface area contributed by atoms with Crippen LogP contribution in [0.15, 0.2) is 45.3 Å². The molecule has 0 radical (unpaired) electrons. The molecule has 3 N–H and O–H groups in total. The monoisotopic (exact) mass is 410 g/mol. The van der Waals surface area contributed by atoms with Gasteiger partial charge >= 0.3 is 0 Å². The van der Waals surface area contributed by atoms with E-state index in [9.17, 15) is 0 Å². The van der Waals surface area contributed by atoms with Crippen LogP contribution in [-0.2, 0) is 0 Å². The molecule has 0 saturated carbocycles. The van der Waals surface area contributed by atoms with Crippen molar-refractivity contribution in [2.24, 2.45) is 5.73 Å². The zero-order valence-electron chi connectivity index (χ0n) is 11.6. The molecule has 0 fully saturated rings. The van der Waals surface area contributed by atoms with E-state index < -0.39 is 0 Å². The van der Waals surface area contributed by atoms with E-state index in [-0.39, 0.29) is 12.1 Å². The van der Waals surface area contributed by atoms with Gasteiger partial charge < -0.3 is 15.8 Å². The number of anilines is 1. The predicted octanol–water partition coefficient (Wildman–Crippen LogP) is 4.78. The van der Waals surface area contributed by atoms with Gasteiger partial charge in [0.1, 0.15) is 5.75 Å². The van der Waals surface area contributed by atoms with Crippen molar-refractivity contribution in [1.82, 2.24) is 0 Å². The minimum atomic E-state index is 0.0924. The molecule has 2 aromatic rings. The number of nitrogens with two attached hydrogens (primary N) is 1. The van der Waals surface area contributed by atoms with Crippen LogP contribution in [0.5, 0.6) is 5.75 Å². The van der Waals surface area contributed by atoms with Crippen LogP contribution in [0, 0.1) is 0 Å². The van der Waals surface area contributed by atoms with Crippen molar-refractivity contribution in [3.63, 3.8) is 0 Å². The lowest BCUT2D eigenvalue weighted by Gasteiger charge is -2.18. The van der Waals surface area contributed by atoms with Gasteiger partial charge in [-0.25, -0.2) is 0 Å². The Morgan fingerprint density at radius 2 is 1.86 bits per heavy atom. The molecule has 0 heterocycles. The van der Waals surface area contributed by atoms with E-state index in [1.54, 1.807) is 7.11 Å². The molecule has 110 valence electrons. The molecule has 0 spiro atoms. The summed E-state index contributed by atoms with van der Waals surface area (Å²) in [6.45, 7) is 0. The number of benzene rings is 2. The topological polar surface area (TPSA) is 47.3 Å². The van der Waals surface area contributed by atoms with Crippen molar-refractivity contribution in [1.29, 1.82) is 0 Å². The highest BCUT2D eigenvalue weighted by Gasteiger charge is 2.28. The van der Waals surface area contributed by atoms with E-state index in [0.717, 1.165) is 26.8 Å². The maximum atomic E-state index is 6.22. The summed E-state index contributed by atoms with van der Waals surface area (Å²) in [5.41, 5.74) is 9.74. The van der Waals surface area contributed by atoms with Crippen LogP contribution in [0.1, 0.15) is 29.6 Å². The van der Waals surface area contributed by atoms with Crippen LogP contribution in [-0.4, -0.2) is 7.11 Å². The molecule has 0 amide bonds. The van der Waals surface area contributed by atoms with Crippen LogP contribution >= 0.6 is 31.9 Å². The fourth-order valence-corrected chi connectivity index (χ4v) is 4.06. The average Bonchev–Trinajstić information content (AvgIpc) is 2.79. The first-order valence-electron chi connectivity index (χ1n) is 6.74. The van der Waals surface area contributed by atoms with Crippen molar-refractivity contribution < 1.29 is 4.74 Å². The predicted molar refractivity (Wildman–Crippen MR) is 92.7 cm³/mol. The molecule has 1 aliphatic rings. The number of methoxy groups -OCH3 is 1. The van der Waals surface area contributed by atoms with E-state index in [1.165, 1.54) is 11.1 Å². The van der Waals surface area contributed by atoms with E-state index in [0.29, 0.717) is 0 Å². The Morgan fingerprint density at radius 3 is 2.57 bits per heavy atom. The molecule has 0 saturated heterocycles. The summed E-state index contributed by atoms with van der Waals surface area (Å²) in [5.74, 6) is 0.802. The summed E-state index contributed by atoms with van der Waals surface area (Å²) in [5, 5.41) is 3.57. The molecule has 2 aromatic carbocycles. The van der Waals surface area contributed by atoms with Gasteiger partial charge in [-0.3, -0.25) is 0 Å². The number of hydrogen-bond acceptors (Lipinski definition) is 3. The second-order valence-corrected chi connectivity index (χ2v) is 6.84. The largest absolute Gasteiger partial charge is 0.495 e. The summed E-state index contributed by atoms with van der Waals surface area (Å²) in [6, 6.07) is 12.6. The molecule has 21 heavy (non-hydrogen) atoms. The Hall–Kier alpha value is -1.04. The molecule has 3 nitrogen and oxygen atoms in total. The first kappa shape index (κ1) is 14.9. The molecule has 0 aromatic heterocycles. The lowest BCUT2D eigenvalue weighted by Crippen LogP contribution is -2.10. The van der Waals surface area contributed by atoms with Gasteiger partial charge in [0.25, 0.3) is 0 Å². The Bertz CT molecular complexity index is 675. The minimum Gasteiger partial charge on any atom is -0.495 e. The Morgan fingerprint density at radius 1 is 1.14 bits per heavy atom. The van der Waals surface area contributed by atoms with Gasteiger partial charge in [0.2, 0.25) is 0 Å². The smallest absolute Gasteiger partial charge is 0.135 e. The van der Waals surface area contributed by atoms with Gasteiger partial charge in [0, 0.05) is 16.6 Å². The lowest BCUT2D eigenvalue weighted by molar-refractivity contribution is 0.412. The molecule has 5 heteroatoms. The van der Waals surface area contributed by atoms with E-state index in [1.807, 2.05) is 18.2 Å². The number of halogens is 2. The first-order valence-corrected chi connectivity index (χ1v) is 8.32. The third kappa shape index (κ3) is 2.82. The van der Waals surface area contributed by atoms with Gasteiger partial charge in [-0.05, 0) is 55.5 Å². The van der Waals surface area contributed by atoms with Crippen molar-refractivity contribution in [3.8, 4) is 5.75 Å². The van der Waals surface area contributed by atoms with Gasteiger partial charge in [0.15, 0.2) is 0 Å². The van der Waals surface area contributed by atoms with E-state index in [4.69, 9.17) is 10.5 Å². The molecule has 0 aliphatic heterocycles. The van der Waals surface area contributed by atoms with Crippen LogP contribution in [0.3, 0.4) is 0 Å². The molecule has 2 unspecified atom stereocenters. The van der Waals surface area contributed by atoms with Crippen molar-refractivity contribution in [2.75, 3.05) is 12.4 Å². The van der Waals surface area contributed by atoms with Crippen molar-refractivity contribution >= 4 is 37.5 Å². The van der Waals surface area contributed by atoms with Crippen LogP contribution in [0.25, 0.3) is 0 Å². The van der Waals surface area contributed by atoms with Gasteiger partial charge in [-0.15, -0.1) is 0 Å². The molecular formula is C16H16Br2N2O. The Kier molecular flexibility index (Phi) is 4.24. The fourth-order valence-electron chi connectivity index (χ4n) is 2.79. The summed E-state index contributed by atoms with van der Waals surface area (Å²) in [4.78, 5) is 0. The molecule has 0 bridgehead atoms. The highest BCUT2D eigenvalue weighted by molar-refractivity contribution is 9.11. The molecular weight excluding hydrogens is 396 g/mol. The fraction of sp³-hybridized carbons (Fsp3) is 0.250. The normalized spacial score (nSPS) is 20.2. The Labute approximate surface area is 141 Å². The van der Waals surface area contributed by atoms with Crippen molar-refractivity contribution in [3.05, 3.63) is 56.5 Å². The third-order valence-corrected chi connectivity index (χ3v) is 5.11. The Balaban J connectivity index is 1.92. The van der Waals surface area contributed by atoms with Gasteiger partial charge in [0.05, 0.1) is 23.3 Å². The number of ether oxygens (including phenoxy) is 1. The summed E-state index contributed by atoms with van der Waals surface area (Å²) < 4.78 is 7.28. The first-order chi connectivity index (χ1) is 10.1. The third-order valence-electron chi connectivity index (χ3n) is 3.83. The second kappa shape index (κ2) is 5.99. The van der Waals surface area contributed by atoms with E-state index in [2.05, 4.69) is 55.4 Å². The van der Waals surface area contributed by atoms with Crippen molar-refractivity contribution in [2.45, 2.75) is 18.5 Å². The van der Waals surface area contributed by atoms with Crippen LogP contribution in [0.4, 0.5) is 5.69 Å². The number of hydrogen-bond donors (Lipinski definition) is 2. The second-order valence-electron chi connectivity index (χ2n) is 5.13. The number of fused-ring (bicyclic) bond motifs is 1. The maximum absolute atomic E-state index is 6.22. The van der Waals surface area contributed by atoms with Crippen LogP contribution in [0.2, 0.25) is 0 Å². The highest BCUT2D eigenvalue weighted by Crippen LogP contribution is 2.42. The molecule has 1 aliphatic carbocycles. The van der Waals surface area contributed by atoms with Gasteiger partial charge in [-0.1, -0.05) is 24.3 Å². The number of nitrogens with one attached hydrogen (secondary N) is 1. The number of rotatable bonds is 3. The summed E-state index contributed by atoms with van der Waals surface area (Å²) >= 11 is 7.08. The molecule has 2 atom stereocenters. The standard InChI is InChI=1S/C16H16Br2N2O/c1-21-16-8-15(11(17)6-12(16)18)20-14-7-13(19)9-4-2-3-5-10(9)14/h2-6,8,13-14,20H,7,19H2,1H3. The molecule has 3 rings (SSSR count). The minimum absolute atomic E-state index is 0.0924.